The third kappa shape index (κ3) is 4.54. The number of nitrogens with zero attached hydrogens (tertiary/aromatic N) is 2. The summed E-state index contributed by atoms with van der Waals surface area (Å²) in [5, 5.41) is 2.80. The first-order chi connectivity index (χ1) is 9.95. The SMILES string of the molecule is Cc1cc(Br)ccc1NC(=O)CC(=O)N1CCN(C)CC1. The molecule has 21 heavy (non-hydrogen) atoms. The van der Waals surface area contributed by atoms with Gasteiger partial charge in [-0.2, -0.15) is 0 Å². The zero-order valence-corrected chi connectivity index (χ0v) is 13.9. The first kappa shape index (κ1) is 16.0. The number of piperazine rings is 1. The number of aryl methyl sites for hydroxylation is 1. The number of anilines is 1. The highest BCUT2D eigenvalue weighted by molar-refractivity contribution is 9.10. The Morgan fingerprint density at radius 1 is 1.24 bits per heavy atom. The smallest absolute Gasteiger partial charge is 0.233 e. The fraction of sp³-hybridized carbons (Fsp3) is 0.467. The molecule has 0 unspecified atom stereocenters. The average molecular weight is 354 g/mol. The highest BCUT2D eigenvalue weighted by Gasteiger charge is 2.21. The molecule has 1 aliphatic heterocycles. The van der Waals surface area contributed by atoms with Crippen LogP contribution in [0.5, 0.6) is 0 Å². The van der Waals surface area contributed by atoms with Crippen LogP contribution in [-0.4, -0.2) is 54.8 Å². The van der Waals surface area contributed by atoms with Gasteiger partial charge in [0.1, 0.15) is 6.42 Å². The average Bonchev–Trinajstić information content (AvgIpc) is 2.42. The van der Waals surface area contributed by atoms with Gasteiger partial charge in [0.05, 0.1) is 0 Å². The normalized spacial score (nSPS) is 15.9. The molecule has 1 aromatic carbocycles. The minimum Gasteiger partial charge on any atom is -0.340 e. The van der Waals surface area contributed by atoms with Crippen LogP contribution in [0.3, 0.4) is 0 Å². The Labute approximate surface area is 133 Å². The zero-order valence-electron chi connectivity index (χ0n) is 12.4. The maximum atomic E-state index is 12.1. The topological polar surface area (TPSA) is 52.7 Å². The van der Waals surface area contributed by atoms with Crippen molar-refractivity contribution in [2.24, 2.45) is 0 Å². The van der Waals surface area contributed by atoms with E-state index in [0.717, 1.165) is 28.8 Å². The summed E-state index contributed by atoms with van der Waals surface area (Å²) in [5.74, 6) is -0.361. The first-order valence-electron chi connectivity index (χ1n) is 6.98. The van der Waals surface area contributed by atoms with Gasteiger partial charge < -0.3 is 15.1 Å². The third-order valence-corrected chi connectivity index (χ3v) is 4.12. The molecule has 6 heteroatoms. The largest absolute Gasteiger partial charge is 0.340 e. The number of amides is 2. The van der Waals surface area contributed by atoms with Crippen LogP contribution in [0.1, 0.15) is 12.0 Å². The first-order valence-corrected chi connectivity index (χ1v) is 7.77. The Morgan fingerprint density at radius 3 is 2.52 bits per heavy atom. The van der Waals surface area contributed by atoms with Crippen molar-refractivity contribution in [3.8, 4) is 0 Å². The van der Waals surface area contributed by atoms with Crippen LogP contribution in [0, 0.1) is 6.92 Å². The number of nitrogens with one attached hydrogen (secondary N) is 1. The van der Waals surface area contributed by atoms with Crippen molar-refractivity contribution in [2.45, 2.75) is 13.3 Å². The van der Waals surface area contributed by atoms with Gasteiger partial charge in [-0.3, -0.25) is 9.59 Å². The van der Waals surface area contributed by atoms with E-state index in [9.17, 15) is 9.59 Å². The molecule has 0 aromatic heterocycles. The van der Waals surface area contributed by atoms with Crippen LogP contribution in [0.25, 0.3) is 0 Å². The van der Waals surface area contributed by atoms with Crippen molar-refractivity contribution in [3.63, 3.8) is 0 Å². The number of hydrogen-bond donors (Lipinski definition) is 1. The molecule has 1 aliphatic rings. The Morgan fingerprint density at radius 2 is 1.90 bits per heavy atom. The molecule has 1 heterocycles. The molecule has 1 fully saturated rings. The van der Waals surface area contributed by atoms with Crippen molar-refractivity contribution in [1.29, 1.82) is 0 Å². The predicted octanol–water partition coefficient (Wildman–Crippen LogP) is 1.86. The number of carbonyl (C=O) groups is 2. The van der Waals surface area contributed by atoms with E-state index in [1.54, 1.807) is 4.90 Å². The molecule has 1 N–H and O–H groups in total. The van der Waals surface area contributed by atoms with Crippen LogP contribution in [-0.2, 0) is 9.59 Å². The third-order valence-electron chi connectivity index (χ3n) is 3.63. The van der Waals surface area contributed by atoms with Gasteiger partial charge in [0.2, 0.25) is 11.8 Å². The van der Waals surface area contributed by atoms with Crippen LogP contribution in [0.15, 0.2) is 22.7 Å². The van der Waals surface area contributed by atoms with E-state index in [0.29, 0.717) is 13.1 Å². The van der Waals surface area contributed by atoms with E-state index in [4.69, 9.17) is 0 Å². The van der Waals surface area contributed by atoms with Gasteiger partial charge in [0.25, 0.3) is 0 Å². The van der Waals surface area contributed by atoms with Crippen molar-refractivity contribution >= 4 is 33.4 Å². The van der Waals surface area contributed by atoms with Gasteiger partial charge in [-0.05, 0) is 37.7 Å². The molecule has 0 radical (unpaired) electrons. The lowest BCUT2D eigenvalue weighted by molar-refractivity contribution is -0.135. The predicted molar refractivity (Wildman–Crippen MR) is 86.2 cm³/mol. The summed E-state index contributed by atoms with van der Waals surface area (Å²) in [6.07, 6.45) is -0.0980. The number of benzene rings is 1. The van der Waals surface area contributed by atoms with Crippen molar-refractivity contribution in [2.75, 3.05) is 38.5 Å². The fourth-order valence-electron chi connectivity index (χ4n) is 2.27. The molecule has 5 nitrogen and oxygen atoms in total. The van der Waals surface area contributed by atoms with Crippen molar-refractivity contribution in [3.05, 3.63) is 28.2 Å². The molecule has 1 aromatic rings. The van der Waals surface area contributed by atoms with Gasteiger partial charge in [-0.1, -0.05) is 15.9 Å². The van der Waals surface area contributed by atoms with Gasteiger partial charge in [-0.15, -0.1) is 0 Å². The van der Waals surface area contributed by atoms with Crippen LogP contribution in [0.4, 0.5) is 5.69 Å². The van der Waals surface area contributed by atoms with E-state index >= 15 is 0 Å². The summed E-state index contributed by atoms with van der Waals surface area (Å²) in [6, 6.07) is 5.63. The molecule has 0 aliphatic carbocycles. The minimum atomic E-state index is -0.260. The molecule has 1 saturated heterocycles. The van der Waals surface area contributed by atoms with Crippen LogP contribution in [0.2, 0.25) is 0 Å². The van der Waals surface area contributed by atoms with E-state index in [1.165, 1.54) is 0 Å². The number of carbonyl (C=O) groups excluding carboxylic acids is 2. The molecular formula is C15H20BrN3O2. The Kier molecular flexibility index (Phi) is 5.36. The lowest BCUT2D eigenvalue weighted by atomic mass is 10.2. The molecule has 0 saturated carbocycles. The second kappa shape index (κ2) is 7.04. The van der Waals surface area contributed by atoms with Crippen molar-refractivity contribution in [1.82, 2.24) is 9.80 Å². The van der Waals surface area contributed by atoms with E-state index in [1.807, 2.05) is 32.2 Å². The van der Waals surface area contributed by atoms with Crippen molar-refractivity contribution < 1.29 is 9.59 Å². The molecule has 114 valence electrons. The summed E-state index contributed by atoms with van der Waals surface area (Å²) in [4.78, 5) is 28.0. The molecule has 2 amide bonds. The van der Waals surface area contributed by atoms with Gasteiger partial charge >= 0.3 is 0 Å². The standard InChI is InChI=1S/C15H20BrN3O2/c1-11-9-12(16)3-4-13(11)17-14(20)10-15(21)19-7-5-18(2)6-8-19/h3-4,9H,5-8,10H2,1-2H3,(H,17,20). The molecular weight excluding hydrogens is 334 g/mol. The number of rotatable bonds is 3. The van der Waals surface area contributed by atoms with E-state index in [2.05, 4.69) is 26.1 Å². The maximum Gasteiger partial charge on any atom is 0.233 e. The number of hydrogen-bond acceptors (Lipinski definition) is 3. The molecule has 0 spiro atoms. The summed E-state index contributed by atoms with van der Waals surface area (Å²) in [5.41, 5.74) is 1.71. The quantitative estimate of drug-likeness (QED) is 0.843. The zero-order chi connectivity index (χ0) is 15.4. The monoisotopic (exact) mass is 353 g/mol. The highest BCUT2D eigenvalue weighted by atomic mass is 79.9. The van der Waals surface area contributed by atoms with Gasteiger partial charge in [-0.25, -0.2) is 0 Å². The summed E-state index contributed by atoms with van der Waals surface area (Å²) < 4.78 is 0.964. The minimum absolute atomic E-state index is 0.0980. The Bertz CT molecular complexity index is 540. The Balaban J connectivity index is 1.88. The maximum absolute atomic E-state index is 12.1. The molecule has 0 atom stereocenters. The van der Waals surface area contributed by atoms with Gasteiger partial charge in [0.15, 0.2) is 0 Å². The number of halogens is 1. The summed E-state index contributed by atoms with van der Waals surface area (Å²) >= 11 is 3.38. The van der Waals surface area contributed by atoms with E-state index in [-0.39, 0.29) is 18.2 Å². The lowest BCUT2D eigenvalue weighted by Crippen LogP contribution is -2.47. The van der Waals surface area contributed by atoms with Crippen LogP contribution >= 0.6 is 15.9 Å². The molecule has 0 bridgehead atoms. The fourth-order valence-corrected chi connectivity index (χ4v) is 2.74. The summed E-state index contributed by atoms with van der Waals surface area (Å²) in [7, 11) is 2.03. The second-order valence-electron chi connectivity index (χ2n) is 5.37. The number of likely N-dealkylation sites (N-methyl/N-ethyl adjacent to an activating group) is 1. The van der Waals surface area contributed by atoms with E-state index < -0.39 is 0 Å². The Hall–Kier alpha value is -1.40. The van der Waals surface area contributed by atoms with Crippen LogP contribution < -0.4 is 5.32 Å². The van der Waals surface area contributed by atoms with Gasteiger partial charge in [0, 0.05) is 36.3 Å². The molecule has 2 rings (SSSR count). The summed E-state index contributed by atoms with van der Waals surface area (Å²) in [6.45, 7) is 5.03. The highest BCUT2D eigenvalue weighted by Crippen LogP contribution is 2.20. The second-order valence-corrected chi connectivity index (χ2v) is 6.28. The lowest BCUT2D eigenvalue weighted by Gasteiger charge is -2.32.